The summed E-state index contributed by atoms with van der Waals surface area (Å²) in [5, 5.41) is 3.70. The van der Waals surface area contributed by atoms with Crippen molar-refractivity contribution in [2.24, 2.45) is 0 Å². The quantitative estimate of drug-likeness (QED) is 0.887. The van der Waals surface area contributed by atoms with Crippen molar-refractivity contribution in [1.29, 1.82) is 0 Å². The van der Waals surface area contributed by atoms with Gasteiger partial charge in [0, 0.05) is 12.1 Å². The van der Waals surface area contributed by atoms with Crippen molar-refractivity contribution in [3.8, 4) is 5.75 Å². The summed E-state index contributed by atoms with van der Waals surface area (Å²) in [7, 11) is 1.71. The minimum absolute atomic E-state index is 0.341. The first-order chi connectivity index (χ1) is 8.76. The van der Waals surface area contributed by atoms with E-state index in [0.29, 0.717) is 24.3 Å². The molecule has 98 valence electrons. The molecule has 1 aromatic carbocycles. The minimum atomic E-state index is 0.341. The van der Waals surface area contributed by atoms with Gasteiger partial charge in [0.2, 0.25) is 0 Å². The molecule has 3 nitrogen and oxygen atoms in total. The van der Waals surface area contributed by atoms with Crippen molar-refractivity contribution in [1.82, 2.24) is 5.32 Å². The van der Waals surface area contributed by atoms with E-state index < -0.39 is 0 Å². The molecule has 0 saturated carbocycles. The van der Waals surface area contributed by atoms with Crippen molar-refractivity contribution >= 4 is 0 Å². The molecule has 3 rings (SSSR count). The third kappa shape index (κ3) is 2.25. The first-order valence-corrected chi connectivity index (χ1v) is 6.81. The Morgan fingerprint density at radius 3 is 2.94 bits per heavy atom. The number of hydrogen-bond acceptors (Lipinski definition) is 3. The molecule has 2 saturated heterocycles. The summed E-state index contributed by atoms with van der Waals surface area (Å²) in [6.45, 7) is 2.21. The Bertz CT molecular complexity index is 421. The standard InChI is InChI=1S/C15H21NO2/c1-10(11-4-3-5-12(8-11)17-2)16-14-9-13-6-7-15(14)18-13/h3-5,8,10,13-16H,6-7,9H2,1-2H3. The summed E-state index contributed by atoms with van der Waals surface area (Å²) in [6, 6.07) is 9.14. The molecule has 1 N–H and O–H groups in total. The Balaban J connectivity index is 1.65. The molecule has 0 spiro atoms. The highest BCUT2D eigenvalue weighted by atomic mass is 16.5. The predicted molar refractivity (Wildman–Crippen MR) is 70.8 cm³/mol. The Labute approximate surface area is 108 Å². The lowest BCUT2D eigenvalue weighted by Gasteiger charge is -2.25. The normalized spacial score (nSPS) is 31.6. The van der Waals surface area contributed by atoms with Gasteiger partial charge >= 0.3 is 0 Å². The van der Waals surface area contributed by atoms with E-state index in [1.807, 2.05) is 12.1 Å². The first kappa shape index (κ1) is 12.0. The Morgan fingerprint density at radius 1 is 1.39 bits per heavy atom. The molecule has 18 heavy (non-hydrogen) atoms. The molecule has 2 aliphatic heterocycles. The fourth-order valence-electron chi connectivity index (χ4n) is 3.14. The van der Waals surface area contributed by atoms with Crippen LogP contribution in [0.2, 0.25) is 0 Å². The fraction of sp³-hybridized carbons (Fsp3) is 0.600. The molecule has 0 radical (unpaired) electrons. The van der Waals surface area contributed by atoms with Crippen molar-refractivity contribution < 1.29 is 9.47 Å². The molecule has 4 atom stereocenters. The van der Waals surface area contributed by atoms with Gasteiger partial charge in [-0.2, -0.15) is 0 Å². The van der Waals surface area contributed by atoms with Gasteiger partial charge in [-0.05, 0) is 43.9 Å². The number of hydrogen-bond donors (Lipinski definition) is 1. The largest absolute Gasteiger partial charge is 0.497 e. The van der Waals surface area contributed by atoms with E-state index in [9.17, 15) is 0 Å². The van der Waals surface area contributed by atoms with E-state index in [2.05, 4.69) is 24.4 Å². The average Bonchev–Trinajstić information content (AvgIpc) is 3.01. The van der Waals surface area contributed by atoms with E-state index in [0.717, 1.165) is 5.75 Å². The second-order valence-electron chi connectivity index (χ2n) is 5.38. The van der Waals surface area contributed by atoms with Gasteiger partial charge in [-0.25, -0.2) is 0 Å². The van der Waals surface area contributed by atoms with E-state index in [-0.39, 0.29) is 0 Å². The Morgan fingerprint density at radius 2 is 2.28 bits per heavy atom. The van der Waals surface area contributed by atoms with Gasteiger partial charge in [0.25, 0.3) is 0 Å². The fourth-order valence-corrected chi connectivity index (χ4v) is 3.14. The van der Waals surface area contributed by atoms with E-state index >= 15 is 0 Å². The van der Waals surface area contributed by atoms with Crippen LogP contribution in [0.1, 0.15) is 37.8 Å². The highest BCUT2D eigenvalue weighted by Crippen LogP contribution is 2.35. The number of fused-ring (bicyclic) bond motifs is 2. The molecule has 2 heterocycles. The van der Waals surface area contributed by atoms with Gasteiger partial charge in [0.1, 0.15) is 5.75 Å². The molecular weight excluding hydrogens is 226 g/mol. The summed E-state index contributed by atoms with van der Waals surface area (Å²) in [4.78, 5) is 0. The predicted octanol–water partition coefficient (Wildman–Crippen LogP) is 2.67. The summed E-state index contributed by atoms with van der Waals surface area (Å²) >= 11 is 0. The van der Waals surface area contributed by atoms with E-state index in [1.54, 1.807) is 7.11 Å². The van der Waals surface area contributed by atoms with Gasteiger partial charge in [-0.3, -0.25) is 0 Å². The lowest BCUT2D eigenvalue weighted by atomic mass is 9.94. The third-order valence-electron chi connectivity index (χ3n) is 4.16. The third-order valence-corrected chi connectivity index (χ3v) is 4.16. The number of ether oxygens (including phenoxy) is 2. The number of nitrogens with one attached hydrogen (secondary N) is 1. The smallest absolute Gasteiger partial charge is 0.119 e. The molecule has 0 amide bonds. The van der Waals surface area contributed by atoms with Gasteiger partial charge in [0.15, 0.2) is 0 Å². The zero-order chi connectivity index (χ0) is 12.5. The van der Waals surface area contributed by atoms with Crippen LogP contribution in [0.25, 0.3) is 0 Å². The maximum Gasteiger partial charge on any atom is 0.119 e. The van der Waals surface area contributed by atoms with Crippen molar-refractivity contribution in [2.75, 3.05) is 7.11 Å². The second-order valence-corrected chi connectivity index (χ2v) is 5.38. The number of rotatable bonds is 4. The molecule has 2 bridgehead atoms. The summed E-state index contributed by atoms with van der Waals surface area (Å²) in [5.41, 5.74) is 1.28. The number of benzene rings is 1. The number of methoxy groups -OCH3 is 1. The molecule has 2 aliphatic rings. The highest BCUT2D eigenvalue weighted by molar-refractivity contribution is 5.30. The van der Waals surface area contributed by atoms with Crippen LogP contribution in [0.3, 0.4) is 0 Å². The van der Waals surface area contributed by atoms with Crippen LogP contribution in [0.4, 0.5) is 0 Å². The van der Waals surface area contributed by atoms with Crippen LogP contribution < -0.4 is 10.1 Å². The molecule has 3 heteroatoms. The maximum absolute atomic E-state index is 5.88. The lowest BCUT2D eigenvalue weighted by Crippen LogP contribution is -2.38. The van der Waals surface area contributed by atoms with Crippen LogP contribution in [0.5, 0.6) is 5.75 Å². The van der Waals surface area contributed by atoms with Gasteiger partial charge in [-0.1, -0.05) is 12.1 Å². The van der Waals surface area contributed by atoms with Crippen LogP contribution in [0.15, 0.2) is 24.3 Å². The topological polar surface area (TPSA) is 30.5 Å². The van der Waals surface area contributed by atoms with Crippen LogP contribution >= 0.6 is 0 Å². The van der Waals surface area contributed by atoms with Crippen molar-refractivity contribution in [3.05, 3.63) is 29.8 Å². The van der Waals surface area contributed by atoms with E-state index in [1.165, 1.54) is 24.8 Å². The first-order valence-electron chi connectivity index (χ1n) is 6.81. The lowest BCUT2D eigenvalue weighted by molar-refractivity contribution is 0.0962. The van der Waals surface area contributed by atoms with Gasteiger partial charge in [-0.15, -0.1) is 0 Å². The molecular formula is C15H21NO2. The van der Waals surface area contributed by atoms with E-state index in [4.69, 9.17) is 9.47 Å². The van der Waals surface area contributed by atoms with Crippen LogP contribution in [-0.2, 0) is 4.74 Å². The molecule has 2 fully saturated rings. The van der Waals surface area contributed by atoms with Crippen LogP contribution in [0, 0.1) is 0 Å². The monoisotopic (exact) mass is 247 g/mol. The SMILES string of the molecule is COc1cccc(C(C)NC2CC3CCC2O3)c1. The Kier molecular flexibility index (Phi) is 3.27. The van der Waals surface area contributed by atoms with Gasteiger partial charge in [0.05, 0.1) is 19.3 Å². The van der Waals surface area contributed by atoms with Crippen molar-refractivity contribution in [2.45, 2.75) is 50.5 Å². The molecule has 0 aliphatic carbocycles. The molecule has 4 unspecified atom stereocenters. The summed E-state index contributed by atoms with van der Waals surface area (Å²) < 4.78 is 11.2. The molecule has 1 aromatic rings. The second kappa shape index (κ2) is 4.90. The summed E-state index contributed by atoms with van der Waals surface area (Å²) in [6.07, 6.45) is 4.57. The average molecular weight is 247 g/mol. The summed E-state index contributed by atoms with van der Waals surface area (Å²) in [5.74, 6) is 0.922. The van der Waals surface area contributed by atoms with Crippen LogP contribution in [-0.4, -0.2) is 25.4 Å². The zero-order valence-electron chi connectivity index (χ0n) is 11.1. The highest BCUT2D eigenvalue weighted by Gasteiger charge is 2.40. The maximum atomic E-state index is 5.88. The Hall–Kier alpha value is -1.06. The van der Waals surface area contributed by atoms with Crippen molar-refractivity contribution in [3.63, 3.8) is 0 Å². The molecule has 0 aromatic heterocycles. The minimum Gasteiger partial charge on any atom is -0.497 e. The zero-order valence-corrected chi connectivity index (χ0v) is 11.1. The van der Waals surface area contributed by atoms with Gasteiger partial charge < -0.3 is 14.8 Å².